The van der Waals surface area contributed by atoms with Crippen molar-refractivity contribution in [2.45, 2.75) is 0 Å². The molecule has 1 saturated heterocycles. The molecule has 1 aliphatic heterocycles. The number of morpholine rings is 1. The zero-order chi connectivity index (χ0) is 12.5. The molecule has 0 atom stereocenters. The van der Waals surface area contributed by atoms with E-state index in [9.17, 15) is 9.59 Å². The smallest absolute Gasteiger partial charge is 0.409 e. The summed E-state index contributed by atoms with van der Waals surface area (Å²) in [5.41, 5.74) is 0.821. The minimum absolute atomic E-state index is 0.313. The number of anilines is 1. The van der Waals surface area contributed by atoms with Crippen molar-refractivity contribution in [3.63, 3.8) is 0 Å². The Balaban J connectivity index is 2.10. The van der Waals surface area contributed by atoms with Crippen LogP contribution in [0.4, 0.5) is 5.69 Å². The Kier molecular flexibility index (Phi) is 2.64. The van der Waals surface area contributed by atoms with Crippen LogP contribution in [0.3, 0.4) is 0 Å². The molecule has 0 bridgehead atoms. The molecule has 0 amide bonds. The molecule has 0 radical (unpaired) electrons. The van der Waals surface area contributed by atoms with Gasteiger partial charge in [-0.05, 0) is 12.1 Å². The van der Waals surface area contributed by atoms with Gasteiger partial charge in [0.05, 0.1) is 18.6 Å². The third-order valence-electron chi connectivity index (χ3n) is 3.00. The van der Waals surface area contributed by atoms with Crippen molar-refractivity contribution in [2.24, 2.45) is 0 Å². The van der Waals surface area contributed by atoms with Crippen LogP contribution in [0, 0.1) is 0 Å². The SMILES string of the molecule is O=c1[nH]c(=O)c2ccc(N3CCOCC3)cc2o1. The van der Waals surface area contributed by atoms with Crippen LogP contribution < -0.4 is 16.2 Å². The van der Waals surface area contributed by atoms with E-state index >= 15 is 0 Å². The van der Waals surface area contributed by atoms with Crippen LogP contribution in [0.5, 0.6) is 0 Å². The summed E-state index contributed by atoms with van der Waals surface area (Å²) in [6, 6.07) is 5.24. The summed E-state index contributed by atoms with van der Waals surface area (Å²) in [5, 5.41) is 0.381. The Morgan fingerprint density at radius 2 is 1.94 bits per heavy atom. The Bertz CT molecular complexity index is 682. The number of nitrogens with one attached hydrogen (secondary N) is 1. The average molecular weight is 248 g/mol. The molecule has 0 unspecified atom stereocenters. The Labute approximate surface area is 102 Å². The van der Waals surface area contributed by atoms with Crippen LogP contribution in [-0.2, 0) is 4.74 Å². The van der Waals surface area contributed by atoms with E-state index in [1.54, 1.807) is 12.1 Å². The Hall–Kier alpha value is -2.08. The van der Waals surface area contributed by atoms with Crippen LogP contribution in [-0.4, -0.2) is 31.3 Å². The molecule has 2 aromatic rings. The van der Waals surface area contributed by atoms with Crippen LogP contribution in [0.1, 0.15) is 0 Å². The molecule has 1 N–H and O–H groups in total. The first kappa shape index (κ1) is 11.0. The first-order valence-corrected chi connectivity index (χ1v) is 5.74. The maximum atomic E-state index is 11.5. The largest absolute Gasteiger partial charge is 0.419 e. The maximum absolute atomic E-state index is 11.5. The second-order valence-electron chi connectivity index (χ2n) is 4.12. The number of nitrogens with zero attached hydrogens (tertiary/aromatic N) is 1. The van der Waals surface area contributed by atoms with E-state index in [0.29, 0.717) is 24.2 Å². The van der Waals surface area contributed by atoms with Crippen LogP contribution in [0.2, 0.25) is 0 Å². The fraction of sp³-hybridized carbons (Fsp3) is 0.333. The molecule has 6 nitrogen and oxygen atoms in total. The fourth-order valence-corrected chi connectivity index (χ4v) is 2.09. The van der Waals surface area contributed by atoms with Gasteiger partial charge < -0.3 is 14.1 Å². The molecule has 1 aliphatic rings. The highest BCUT2D eigenvalue weighted by atomic mass is 16.5. The number of aromatic nitrogens is 1. The zero-order valence-electron chi connectivity index (χ0n) is 9.64. The highest BCUT2D eigenvalue weighted by Gasteiger charge is 2.12. The van der Waals surface area contributed by atoms with Crippen LogP contribution in [0.15, 0.2) is 32.2 Å². The van der Waals surface area contributed by atoms with Gasteiger partial charge in [-0.25, -0.2) is 4.79 Å². The minimum Gasteiger partial charge on any atom is -0.409 e. The predicted molar refractivity (Wildman–Crippen MR) is 66.1 cm³/mol. The first-order chi connectivity index (χ1) is 8.74. The van der Waals surface area contributed by atoms with E-state index < -0.39 is 11.3 Å². The first-order valence-electron chi connectivity index (χ1n) is 5.74. The second kappa shape index (κ2) is 4.30. The van der Waals surface area contributed by atoms with E-state index in [1.807, 2.05) is 6.07 Å². The summed E-state index contributed by atoms with van der Waals surface area (Å²) in [6.45, 7) is 2.94. The number of hydrogen-bond acceptors (Lipinski definition) is 5. The van der Waals surface area contributed by atoms with Gasteiger partial charge in [0.25, 0.3) is 5.56 Å². The molecule has 0 spiro atoms. The van der Waals surface area contributed by atoms with Gasteiger partial charge >= 0.3 is 5.76 Å². The van der Waals surface area contributed by atoms with Gasteiger partial charge in [0.15, 0.2) is 0 Å². The van der Waals surface area contributed by atoms with Crippen LogP contribution in [0.25, 0.3) is 11.0 Å². The van der Waals surface area contributed by atoms with Gasteiger partial charge in [-0.2, -0.15) is 0 Å². The van der Waals surface area contributed by atoms with Gasteiger partial charge in [0.2, 0.25) is 0 Å². The van der Waals surface area contributed by atoms with E-state index in [0.717, 1.165) is 18.8 Å². The fourth-order valence-electron chi connectivity index (χ4n) is 2.09. The summed E-state index contributed by atoms with van der Waals surface area (Å²) in [6.07, 6.45) is 0. The van der Waals surface area contributed by atoms with E-state index in [1.165, 1.54) is 0 Å². The molecule has 1 aromatic carbocycles. The van der Waals surface area contributed by atoms with Crippen molar-refractivity contribution in [1.29, 1.82) is 0 Å². The zero-order valence-corrected chi connectivity index (χ0v) is 9.64. The molecule has 0 saturated carbocycles. The van der Waals surface area contributed by atoms with Crippen LogP contribution >= 0.6 is 0 Å². The summed E-state index contributed by atoms with van der Waals surface area (Å²) in [5.74, 6) is -0.730. The number of ether oxygens (including phenoxy) is 1. The minimum atomic E-state index is -0.730. The topological polar surface area (TPSA) is 75.5 Å². The second-order valence-corrected chi connectivity index (χ2v) is 4.12. The van der Waals surface area contributed by atoms with Crippen molar-refractivity contribution >= 4 is 16.7 Å². The molecule has 0 aliphatic carbocycles. The van der Waals surface area contributed by atoms with Crippen molar-refractivity contribution in [2.75, 3.05) is 31.2 Å². The van der Waals surface area contributed by atoms with Crippen molar-refractivity contribution in [3.8, 4) is 0 Å². The molecule has 1 fully saturated rings. The third-order valence-corrected chi connectivity index (χ3v) is 3.00. The maximum Gasteiger partial charge on any atom is 0.419 e. The van der Waals surface area contributed by atoms with Gasteiger partial charge in [-0.1, -0.05) is 0 Å². The van der Waals surface area contributed by atoms with E-state index in [-0.39, 0.29) is 0 Å². The Morgan fingerprint density at radius 1 is 1.17 bits per heavy atom. The number of hydrogen-bond donors (Lipinski definition) is 1. The van der Waals surface area contributed by atoms with E-state index in [4.69, 9.17) is 9.15 Å². The molecule has 6 heteroatoms. The predicted octanol–water partition coefficient (Wildman–Crippen LogP) is 0.318. The quantitative estimate of drug-likeness (QED) is 0.786. The average Bonchev–Trinajstić information content (AvgIpc) is 2.39. The van der Waals surface area contributed by atoms with Crippen molar-refractivity contribution < 1.29 is 9.15 Å². The van der Waals surface area contributed by atoms with Gasteiger partial charge in [0.1, 0.15) is 5.58 Å². The standard InChI is InChI=1S/C12H12N2O4/c15-11-9-2-1-8(14-3-5-17-6-4-14)7-10(9)18-12(16)13-11/h1-2,7H,3-6H2,(H,13,15,16). The number of H-pyrrole nitrogens is 1. The summed E-state index contributed by atoms with van der Waals surface area (Å²) >= 11 is 0. The lowest BCUT2D eigenvalue weighted by Gasteiger charge is -2.28. The molecule has 2 heterocycles. The lowest BCUT2D eigenvalue weighted by Crippen LogP contribution is -2.36. The van der Waals surface area contributed by atoms with E-state index in [2.05, 4.69) is 9.88 Å². The monoisotopic (exact) mass is 248 g/mol. The lowest BCUT2D eigenvalue weighted by molar-refractivity contribution is 0.122. The molecular formula is C12H12N2O4. The van der Waals surface area contributed by atoms with Gasteiger partial charge in [-0.15, -0.1) is 0 Å². The Morgan fingerprint density at radius 3 is 2.72 bits per heavy atom. The van der Waals surface area contributed by atoms with Gasteiger partial charge in [-0.3, -0.25) is 9.78 Å². The molecule has 1 aromatic heterocycles. The highest BCUT2D eigenvalue weighted by Crippen LogP contribution is 2.20. The summed E-state index contributed by atoms with van der Waals surface area (Å²) in [7, 11) is 0. The molecule has 18 heavy (non-hydrogen) atoms. The van der Waals surface area contributed by atoms with Gasteiger partial charge in [0, 0.05) is 24.8 Å². The lowest BCUT2D eigenvalue weighted by atomic mass is 10.2. The number of benzene rings is 1. The molecule has 94 valence electrons. The summed E-state index contributed by atoms with van der Waals surface area (Å²) < 4.78 is 10.3. The highest BCUT2D eigenvalue weighted by molar-refractivity contribution is 5.79. The third kappa shape index (κ3) is 1.91. The molecular weight excluding hydrogens is 236 g/mol. The van der Waals surface area contributed by atoms with Crippen molar-refractivity contribution in [1.82, 2.24) is 4.98 Å². The number of aromatic amines is 1. The summed E-state index contributed by atoms with van der Waals surface area (Å²) in [4.78, 5) is 26.9. The normalized spacial score (nSPS) is 16.1. The number of fused-ring (bicyclic) bond motifs is 1. The van der Waals surface area contributed by atoms with Crippen molar-refractivity contribution in [3.05, 3.63) is 39.1 Å². The molecule has 3 rings (SSSR count). The number of rotatable bonds is 1.